The van der Waals surface area contributed by atoms with Crippen LogP contribution in [0.15, 0.2) is 24.3 Å². The largest absolute Gasteiger partial charge is 0.482 e. The van der Waals surface area contributed by atoms with Crippen LogP contribution in [0.3, 0.4) is 0 Å². The smallest absolute Gasteiger partial charge is 0.341 e. The van der Waals surface area contributed by atoms with Gasteiger partial charge in [0.2, 0.25) is 0 Å². The topological polar surface area (TPSA) is 78.8 Å². The SMILES string of the molecule is O=C(O)COc1ccccc1CNCCCCCO. The van der Waals surface area contributed by atoms with E-state index in [-0.39, 0.29) is 13.2 Å². The van der Waals surface area contributed by atoms with Crippen LogP contribution in [-0.4, -0.2) is 35.9 Å². The Kier molecular flexibility index (Phi) is 7.62. The van der Waals surface area contributed by atoms with Gasteiger partial charge in [0, 0.05) is 18.7 Å². The number of unbranched alkanes of at least 4 members (excludes halogenated alkanes) is 2. The summed E-state index contributed by atoms with van der Waals surface area (Å²) in [6, 6.07) is 7.40. The van der Waals surface area contributed by atoms with Gasteiger partial charge >= 0.3 is 5.97 Å². The molecule has 106 valence electrons. The first-order valence-corrected chi connectivity index (χ1v) is 6.48. The maximum atomic E-state index is 10.5. The fraction of sp³-hybridized carbons (Fsp3) is 0.500. The molecule has 0 amide bonds. The van der Waals surface area contributed by atoms with E-state index < -0.39 is 5.97 Å². The number of carboxylic acid groups (broad SMARTS) is 1. The van der Waals surface area contributed by atoms with Crippen molar-refractivity contribution in [3.05, 3.63) is 29.8 Å². The van der Waals surface area contributed by atoms with E-state index in [1.165, 1.54) is 0 Å². The van der Waals surface area contributed by atoms with Gasteiger partial charge in [0.05, 0.1) is 0 Å². The van der Waals surface area contributed by atoms with Gasteiger partial charge < -0.3 is 20.3 Å². The van der Waals surface area contributed by atoms with Crippen molar-refractivity contribution in [2.24, 2.45) is 0 Å². The molecule has 1 aromatic rings. The predicted octanol–water partition coefficient (Wildman–Crippen LogP) is 1.40. The van der Waals surface area contributed by atoms with Gasteiger partial charge in [-0.3, -0.25) is 0 Å². The molecule has 19 heavy (non-hydrogen) atoms. The summed E-state index contributed by atoms with van der Waals surface area (Å²) in [5.74, 6) is -0.375. The summed E-state index contributed by atoms with van der Waals surface area (Å²) in [5, 5.41) is 20.5. The highest BCUT2D eigenvalue weighted by atomic mass is 16.5. The number of aliphatic carboxylic acids is 1. The number of carbonyl (C=O) groups is 1. The summed E-state index contributed by atoms with van der Waals surface area (Å²) in [5.41, 5.74) is 0.950. The fourth-order valence-electron chi connectivity index (χ4n) is 1.69. The second-order valence-corrected chi connectivity index (χ2v) is 4.25. The summed E-state index contributed by atoms with van der Waals surface area (Å²) in [6.07, 6.45) is 2.85. The number of para-hydroxylation sites is 1. The number of benzene rings is 1. The van der Waals surface area contributed by atoms with Crippen molar-refractivity contribution in [2.45, 2.75) is 25.8 Å². The van der Waals surface area contributed by atoms with E-state index in [0.717, 1.165) is 31.4 Å². The Balaban J connectivity index is 2.33. The van der Waals surface area contributed by atoms with Crippen LogP contribution >= 0.6 is 0 Å². The standard InChI is InChI=1S/C14H21NO4/c16-9-5-1-4-8-15-10-12-6-2-3-7-13(12)19-11-14(17)18/h2-3,6-7,15-16H,1,4-5,8-11H2,(H,17,18). The van der Waals surface area contributed by atoms with Crippen molar-refractivity contribution in [2.75, 3.05) is 19.8 Å². The van der Waals surface area contributed by atoms with E-state index >= 15 is 0 Å². The van der Waals surface area contributed by atoms with E-state index in [9.17, 15) is 4.79 Å². The Morgan fingerprint density at radius 3 is 2.74 bits per heavy atom. The second kappa shape index (κ2) is 9.35. The van der Waals surface area contributed by atoms with Gasteiger partial charge in [-0.05, 0) is 31.9 Å². The normalized spacial score (nSPS) is 10.4. The number of aliphatic hydroxyl groups is 1. The van der Waals surface area contributed by atoms with Crippen LogP contribution < -0.4 is 10.1 Å². The molecule has 0 atom stereocenters. The van der Waals surface area contributed by atoms with E-state index in [4.69, 9.17) is 14.9 Å². The van der Waals surface area contributed by atoms with Gasteiger partial charge in [-0.2, -0.15) is 0 Å². The number of hydrogen-bond acceptors (Lipinski definition) is 4. The minimum atomic E-state index is -0.980. The lowest BCUT2D eigenvalue weighted by Gasteiger charge is -2.10. The van der Waals surface area contributed by atoms with Gasteiger partial charge in [-0.1, -0.05) is 18.2 Å². The quantitative estimate of drug-likeness (QED) is 0.558. The molecule has 0 radical (unpaired) electrons. The molecular formula is C14H21NO4. The average molecular weight is 267 g/mol. The van der Waals surface area contributed by atoms with Crippen molar-refractivity contribution >= 4 is 5.97 Å². The third-order valence-electron chi connectivity index (χ3n) is 2.65. The van der Waals surface area contributed by atoms with Gasteiger partial charge in [-0.15, -0.1) is 0 Å². The van der Waals surface area contributed by atoms with Gasteiger partial charge in [0.1, 0.15) is 5.75 Å². The van der Waals surface area contributed by atoms with E-state index in [1.54, 1.807) is 6.07 Å². The average Bonchev–Trinajstić information content (AvgIpc) is 2.41. The molecule has 0 fully saturated rings. The minimum absolute atomic E-state index is 0.242. The van der Waals surface area contributed by atoms with Crippen LogP contribution in [0.5, 0.6) is 5.75 Å². The first-order chi connectivity index (χ1) is 9.24. The zero-order valence-corrected chi connectivity index (χ0v) is 11.0. The molecule has 1 aromatic carbocycles. The zero-order chi connectivity index (χ0) is 13.9. The van der Waals surface area contributed by atoms with Crippen LogP contribution in [-0.2, 0) is 11.3 Å². The summed E-state index contributed by atoms with van der Waals surface area (Å²) in [6.45, 7) is 1.43. The number of carboxylic acids is 1. The first-order valence-electron chi connectivity index (χ1n) is 6.48. The van der Waals surface area contributed by atoms with Crippen molar-refractivity contribution < 1.29 is 19.7 Å². The molecule has 0 spiro atoms. The van der Waals surface area contributed by atoms with Crippen LogP contribution in [0.4, 0.5) is 0 Å². The Hall–Kier alpha value is -1.59. The third-order valence-corrected chi connectivity index (χ3v) is 2.65. The maximum Gasteiger partial charge on any atom is 0.341 e. The lowest BCUT2D eigenvalue weighted by molar-refractivity contribution is -0.139. The number of ether oxygens (including phenoxy) is 1. The molecule has 0 aliphatic rings. The Labute approximate surface area is 113 Å². The van der Waals surface area contributed by atoms with Crippen molar-refractivity contribution in [1.29, 1.82) is 0 Å². The highest BCUT2D eigenvalue weighted by molar-refractivity contribution is 5.68. The fourth-order valence-corrected chi connectivity index (χ4v) is 1.69. The highest BCUT2D eigenvalue weighted by Crippen LogP contribution is 2.17. The molecule has 5 nitrogen and oxygen atoms in total. The molecule has 0 unspecified atom stereocenters. The van der Waals surface area contributed by atoms with Crippen molar-refractivity contribution in [3.8, 4) is 5.75 Å². The number of rotatable bonds is 10. The van der Waals surface area contributed by atoms with Crippen LogP contribution in [0, 0.1) is 0 Å². The second-order valence-electron chi connectivity index (χ2n) is 4.25. The molecule has 0 heterocycles. The molecule has 1 rings (SSSR count). The van der Waals surface area contributed by atoms with E-state index in [2.05, 4.69) is 5.32 Å². The molecule has 0 aromatic heterocycles. The van der Waals surface area contributed by atoms with Crippen LogP contribution in [0.1, 0.15) is 24.8 Å². The van der Waals surface area contributed by atoms with Crippen molar-refractivity contribution in [1.82, 2.24) is 5.32 Å². The molecule has 3 N–H and O–H groups in total. The highest BCUT2D eigenvalue weighted by Gasteiger charge is 2.04. The maximum absolute atomic E-state index is 10.5. The van der Waals surface area contributed by atoms with E-state index in [0.29, 0.717) is 12.3 Å². The molecule has 5 heteroatoms. The Bertz CT molecular complexity index is 381. The number of nitrogens with one attached hydrogen (secondary N) is 1. The minimum Gasteiger partial charge on any atom is -0.482 e. The van der Waals surface area contributed by atoms with Gasteiger partial charge in [0.15, 0.2) is 6.61 Å². The summed E-state index contributed by atoms with van der Waals surface area (Å²) in [7, 11) is 0. The van der Waals surface area contributed by atoms with Gasteiger partial charge in [0.25, 0.3) is 0 Å². The number of hydrogen-bond donors (Lipinski definition) is 3. The predicted molar refractivity (Wildman–Crippen MR) is 72.2 cm³/mol. The van der Waals surface area contributed by atoms with Crippen molar-refractivity contribution in [3.63, 3.8) is 0 Å². The van der Waals surface area contributed by atoms with Crippen LogP contribution in [0.25, 0.3) is 0 Å². The summed E-state index contributed by atoms with van der Waals surface area (Å²) < 4.78 is 5.22. The summed E-state index contributed by atoms with van der Waals surface area (Å²) in [4.78, 5) is 10.5. The molecule has 0 aliphatic carbocycles. The molecule has 0 aliphatic heterocycles. The van der Waals surface area contributed by atoms with Gasteiger partial charge in [-0.25, -0.2) is 4.79 Å². The zero-order valence-electron chi connectivity index (χ0n) is 11.0. The van der Waals surface area contributed by atoms with E-state index in [1.807, 2.05) is 18.2 Å². The number of aliphatic hydroxyl groups excluding tert-OH is 1. The molecular weight excluding hydrogens is 246 g/mol. The lowest BCUT2D eigenvalue weighted by Crippen LogP contribution is -2.16. The monoisotopic (exact) mass is 267 g/mol. The van der Waals surface area contributed by atoms with Crippen LogP contribution in [0.2, 0.25) is 0 Å². The molecule has 0 saturated heterocycles. The third kappa shape index (κ3) is 6.79. The Morgan fingerprint density at radius 1 is 1.21 bits per heavy atom. The first kappa shape index (κ1) is 15.5. The molecule has 0 saturated carbocycles. The molecule has 0 bridgehead atoms. The summed E-state index contributed by atoms with van der Waals surface area (Å²) >= 11 is 0. The lowest BCUT2D eigenvalue weighted by atomic mass is 10.2. The Morgan fingerprint density at radius 2 is 2.00 bits per heavy atom.